The van der Waals surface area contributed by atoms with Gasteiger partial charge in [-0.3, -0.25) is 9.59 Å². The van der Waals surface area contributed by atoms with Crippen LogP contribution in [0.2, 0.25) is 0 Å². The highest BCUT2D eigenvalue weighted by Crippen LogP contribution is 2.45. The van der Waals surface area contributed by atoms with E-state index < -0.39 is 85.2 Å². The van der Waals surface area contributed by atoms with E-state index >= 15 is 0 Å². The van der Waals surface area contributed by atoms with Gasteiger partial charge in [-0.15, -0.1) is 0 Å². The molecule has 4 aliphatic rings. The Kier molecular flexibility index (Phi) is 13.4. The van der Waals surface area contributed by atoms with Gasteiger partial charge in [0, 0.05) is 44.8 Å². The monoisotopic (exact) mass is 814 g/mol. The molecule has 314 valence electrons. The fourth-order valence-electron chi connectivity index (χ4n) is 8.08. The zero-order valence-electron chi connectivity index (χ0n) is 32.5. The molecule has 9 atom stereocenters. The van der Waals surface area contributed by atoms with Gasteiger partial charge in [0.25, 0.3) is 0 Å². The van der Waals surface area contributed by atoms with Crippen LogP contribution >= 0.6 is 0 Å². The van der Waals surface area contributed by atoms with Gasteiger partial charge >= 0.3 is 5.97 Å². The SMILES string of the molecule is CN(C(=O)C1=CC2OC3(Cc4ccccc4C3)OC2C(OC(=O)c2cccc(C=CCOC3OC(CO)C(O)C(O)C3O)c2)C1)C(Cc1ccccc1)C(=O)NCCO. The number of amides is 2. The lowest BCUT2D eigenvalue weighted by atomic mass is 9.90. The quantitative estimate of drug-likeness (QED) is 0.125. The standard InChI is InChI=1S/C44H50N2O13/c1-46(32(40(52)45-16-17-47)20-27-9-3-2-4-10-27)41(53)31-21-33(39-34(22-31)58-44(59-39)23-29-13-5-6-14-30(29)24-44)56-42(54)28-15-7-11-26(19-28)12-8-18-55-43-38(51)37(50)36(49)35(25-48)57-43/h2-15,19,22,32-39,43,47-51H,16-18,20-21,23-25H2,1H3,(H,45,52). The van der Waals surface area contributed by atoms with Crippen LogP contribution in [0.15, 0.2) is 96.6 Å². The van der Waals surface area contributed by atoms with Crippen molar-refractivity contribution in [2.24, 2.45) is 0 Å². The first-order valence-corrected chi connectivity index (χ1v) is 19.7. The number of likely N-dealkylation sites (N-methyl/N-ethyl adjacent to an activating group) is 1. The Labute approximate surface area is 341 Å². The number of hydrogen-bond acceptors (Lipinski definition) is 13. The second-order valence-corrected chi connectivity index (χ2v) is 15.2. The second kappa shape index (κ2) is 18.6. The lowest BCUT2D eigenvalue weighted by Crippen LogP contribution is -2.59. The highest BCUT2D eigenvalue weighted by molar-refractivity contribution is 5.97. The molecule has 15 heteroatoms. The third kappa shape index (κ3) is 9.49. The Bertz CT molecular complexity index is 2000. The van der Waals surface area contributed by atoms with Gasteiger partial charge in [-0.1, -0.05) is 78.9 Å². The van der Waals surface area contributed by atoms with Crippen molar-refractivity contribution in [2.45, 2.75) is 86.5 Å². The smallest absolute Gasteiger partial charge is 0.338 e. The number of nitrogens with zero attached hydrogens (tertiary/aromatic N) is 1. The van der Waals surface area contributed by atoms with E-state index in [-0.39, 0.29) is 38.2 Å². The summed E-state index contributed by atoms with van der Waals surface area (Å²) in [4.78, 5) is 43.0. The number of carbonyl (C=O) groups excluding carboxylic acids is 3. The third-order valence-electron chi connectivity index (χ3n) is 11.2. The second-order valence-electron chi connectivity index (χ2n) is 15.2. The molecule has 2 aliphatic heterocycles. The molecule has 0 aromatic heterocycles. The largest absolute Gasteiger partial charge is 0.456 e. The average Bonchev–Trinajstić information content (AvgIpc) is 3.81. The number of aliphatic hydroxyl groups excluding tert-OH is 5. The van der Waals surface area contributed by atoms with E-state index in [4.69, 9.17) is 23.7 Å². The summed E-state index contributed by atoms with van der Waals surface area (Å²) in [6.07, 6.45) is -3.23. The van der Waals surface area contributed by atoms with Crippen molar-refractivity contribution in [1.82, 2.24) is 10.2 Å². The summed E-state index contributed by atoms with van der Waals surface area (Å²) in [5, 5.41) is 51.8. The van der Waals surface area contributed by atoms with Gasteiger partial charge in [0.15, 0.2) is 12.1 Å². The number of rotatable bonds is 14. The van der Waals surface area contributed by atoms with Gasteiger partial charge in [0.1, 0.15) is 48.8 Å². The van der Waals surface area contributed by atoms with Crippen molar-refractivity contribution in [1.29, 1.82) is 0 Å². The Balaban J connectivity index is 1.08. The van der Waals surface area contributed by atoms with E-state index in [1.54, 1.807) is 49.5 Å². The molecule has 3 aromatic carbocycles. The van der Waals surface area contributed by atoms with Crippen LogP contribution in [0.4, 0.5) is 0 Å². The molecule has 15 nitrogen and oxygen atoms in total. The fourth-order valence-corrected chi connectivity index (χ4v) is 8.08. The molecule has 2 heterocycles. The van der Waals surface area contributed by atoms with E-state index in [9.17, 15) is 39.9 Å². The number of nitrogens with one attached hydrogen (secondary N) is 1. The number of aliphatic hydroxyl groups is 5. The Hall–Kier alpha value is -4.81. The van der Waals surface area contributed by atoms with E-state index in [1.165, 1.54) is 4.90 Å². The molecule has 0 saturated carbocycles. The number of fused-ring (bicyclic) bond motifs is 2. The maximum Gasteiger partial charge on any atom is 0.338 e. The zero-order valence-corrected chi connectivity index (χ0v) is 32.5. The highest BCUT2D eigenvalue weighted by Gasteiger charge is 2.55. The summed E-state index contributed by atoms with van der Waals surface area (Å²) in [6, 6.07) is 23.0. The summed E-state index contributed by atoms with van der Waals surface area (Å²) in [7, 11) is 1.55. The molecule has 2 saturated heterocycles. The van der Waals surface area contributed by atoms with Gasteiger partial charge in [-0.25, -0.2) is 4.79 Å². The number of carbonyl (C=O) groups is 3. The molecule has 6 N–H and O–H groups in total. The van der Waals surface area contributed by atoms with E-state index in [2.05, 4.69) is 5.32 Å². The number of esters is 1. The van der Waals surface area contributed by atoms with Crippen LogP contribution in [0.1, 0.15) is 39.0 Å². The predicted octanol–water partition coefficient (Wildman–Crippen LogP) is 0.829. The van der Waals surface area contributed by atoms with Crippen LogP contribution in [0.5, 0.6) is 0 Å². The molecule has 2 aliphatic carbocycles. The molecular formula is C44H50N2O13. The first-order chi connectivity index (χ1) is 28.5. The Morgan fingerprint density at radius 1 is 0.932 bits per heavy atom. The van der Waals surface area contributed by atoms with Crippen LogP contribution < -0.4 is 5.32 Å². The maximum absolute atomic E-state index is 14.4. The van der Waals surface area contributed by atoms with Crippen molar-refractivity contribution >= 4 is 23.9 Å². The van der Waals surface area contributed by atoms with Gasteiger partial charge in [0.05, 0.1) is 25.4 Å². The zero-order chi connectivity index (χ0) is 41.7. The summed E-state index contributed by atoms with van der Waals surface area (Å²) in [5.41, 5.74) is 4.15. The van der Waals surface area contributed by atoms with Crippen molar-refractivity contribution in [3.63, 3.8) is 0 Å². The predicted molar refractivity (Wildman–Crippen MR) is 210 cm³/mol. The maximum atomic E-state index is 14.4. The molecule has 2 fully saturated rings. The first-order valence-electron chi connectivity index (χ1n) is 19.7. The topological polar surface area (TPSA) is 214 Å². The minimum Gasteiger partial charge on any atom is -0.456 e. The Morgan fingerprint density at radius 3 is 2.37 bits per heavy atom. The summed E-state index contributed by atoms with van der Waals surface area (Å²) < 4.78 is 30.4. The van der Waals surface area contributed by atoms with Crippen LogP contribution in [-0.4, -0.2) is 142 Å². The van der Waals surface area contributed by atoms with Crippen molar-refractivity contribution < 1.29 is 63.6 Å². The molecule has 0 bridgehead atoms. The fraction of sp³-hybridized carbons (Fsp3) is 0.432. The van der Waals surface area contributed by atoms with Gasteiger partial charge in [-0.2, -0.15) is 0 Å². The highest BCUT2D eigenvalue weighted by atomic mass is 16.8. The molecule has 59 heavy (non-hydrogen) atoms. The van der Waals surface area contributed by atoms with Crippen molar-refractivity contribution in [3.05, 3.63) is 124 Å². The Morgan fingerprint density at radius 2 is 1.66 bits per heavy atom. The normalized spacial score (nSPS) is 27.5. The average molecular weight is 815 g/mol. The lowest BCUT2D eigenvalue weighted by Gasteiger charge is -2.39. The third-order valence-corrected chi connectivity index (χ3v) is 11.2. The molecule has 9 unspecified atom stereocenters. The van der Waals surface area contributed by atoms with Crippen LogP contribution in [0.25, 0.3) is 6.08 Å². The van der Waals surface area contributed by atoms with Crippen LogP contribution in [0, 0.1) is 0 Å². The molecule has 1 spiro atoms. The number of benzene rings is 3. The van der Waals surface area contributed by atoms with E-state index in [0.717, 1.165) is 16.7 Å². The van der Waals surface area contributed by atoms with Gasteiger partial charge in [0.2, 0.25) is 11.8 Å². The molecule has 3 aromatic rings. The molecule has 0 radical (unpaired) electrons. The van der Waals surface area contributed by atoms with Crippen molar-refractivity contribution in [2.75, 3.05) is 33.4 Å². The summed E-state index contributed by atoms with van der Waals surface area (Å²) in [5.74, 6) is -2.55. The van der Waals surface area contributed by atoms with Gasteiger partial charge in [-0.05, 0) is 40.5 Å². The van der Waals surface area contributed by atoms with Crippen molar-refractivity contribution in [3.8, 4) is 0 Å². The first kappa shape index (κ1) is 42.3. The summed E-state index contributed by atoms with van der Waals surface area (Å²) >= 11 is 0. The van der Waals surface area contributed by atoms with Crippen LogP contribution in [0.3, 0.4) is 0 Å². The number of hydrogen-bond donors (Lipinski definition) is 6. The van der Waals surface area contributed by atoms with E-state index in [1.807, 2.05) is 54.6 Å². The molecule has 2 amide bonds. The molecular weight excluding hydrogens is 764 g/mol. The minimum atomic E-state index is -1.57. The summed E-state index contributed by atoms with van der Waals surface area (Å²) in [6.45, 7) is -0.881. The van der Waals surface area contributed by atoms with Crippen LogP contribution in [-0.2, 0) is 52.5 Å². The van der Waals surface area contributed by atoms with E-state index in [0.29, 0.717) is 24.0 Å². The minimum absolute atomic E-state index is 0.00628. The van der Waals surface area contributed by atoms with Gasteiger partial charge < -0.3 is 59.4 Å². The molecule has 7 rings (SSSR count). The lowest BCUT2D eigenvalue weighted by molar-refractivity contribution is -0.298. The number of ether oxygens (including phenoxy) is 5.